The Bertz CT molecular complexity index is 940. The summed E-state index contributed by atoms with van der Waals surface area (Å²) in [7, 11) is 0. The van der Waals surface area contributed by atoms with Crippen molar-refractivity contribution in [3.63, 3.8) is 0 Å². The number of aromatic nitrogens is 1. The molecule has 1 aliphatic rings. The molecule has 0 saturated carbocycles. The molecule has 0 spiro atoms. The number of para-hydroxylation sites is 2. The second-order valence-corrected chi connectivity index (χ2v) is 8.08. The van der Waals surface area contributed by atoms with Crippen LogP contribution in [0, 0.1) is 5.82 Å². The van der Waals surface area contributed by atoms with Crippen LogP contribution in [0.25, 0.3) is 0 Å². The quantitative estimate of drug-likeness (QED) is 0.526. The maximum Gasteiger partial charge on any atom is 0.142 e. The third-order valence-corrected chi connectivity index (χ3v) is 5.91. The lowest BCUT2D eigenvalue weighted by Gasteiger charge is -2.36. The molecule has 7 heteroatoms. The summed E-state index contributed by atoms with van der Waals surface area (Å²) >= 11 is 1.60. The number of hydrogen-bond acceptors (Lipinski definition) is 6. The van der Waals surface area contributed by atoms with E-state index < -0.39 is 0 Å². The fourth-order valence-corrected chi connectivity index (χ4v) is 4.23. The van der Waals surface area contributed by atoms with E-state index in [2.05, 4.69) is 27.3 Å². The zero-order valence-corrected chi connectivity index (χ0v) is 17.9. The summed E-state index contributed by atoms with van der Waals surface area (Å²) in [5, 5.41) is 3.03. The lowest BCUT2D eigenvalue weighted by molar-refractivity contribution is 0.245. The van der Waals surface area contributed by atoms with Crippen LogP contribution >= 0.6 is 11.3 Å². The summed E-state index contributed by atoms with van der Waals surface area (Å²) in [5.41, 5.74) is 2.24. The number of halogens is 1. The van der Waals surface area contributed by atoms with Crippen LogP contribution in [0.3, 0.4) is 0 Å². The van der Waals surface area contributed by atoms with Gasteiger partial charge in [-0.15, -0.1) is 11.3 Å². The van der Waals surface area contributed by atoms with Gasteiger partial charge in [-0.3, -0.25) is 4.90 Å². The SMILES string of the molecule is CCOc1ccccc1N1CCN(Cc2csc(COc3ccc(F)cc3)n2)CC1. The van der Waals surface area contributed by atoms with E-state index in [1.54, 1.807) is 23.5 Å². The van der Waals surface area contributed by atoms with Crippen LogP contribution < -0.4 is 14.4 Å². The van der Waals surface area contributed by atoms with Crippen molar-refractivity contribution in [1.29, 1.82) is 0 Å². The zero-order valence-electron chi connectivity index (χ0n) is 17.1. The standard InChI is InChI=1S/C23H26FN3O2S/c1-2-28-22-6-4-3-5-21(22)27-13-11-26(12-14-27)15-19-17-30-23(25-19)16-29-20-9-7-18(24)8-10-20/h3-10,17H,2,11-16H2,1H3. The van der Waals surface area contributed by atoms with Gasteiger partial charge in [0.1, 0.15) is 28.9 Å². The van der Waals surface area contributed by atoms with Crippen molar-refractivity contribution in [2.24, 2.45) is 0 Å². The molecule has 30 heavy (non-hydrogen) atoms. The van der Waals surface area contributed by atoms with Crippen molar-refractivity contribution in [1.82, 2.24) is 9.88 Å². The summed E-state index contributed by atoms with van der Waals surface area (Å²) in [6.07, 6.45) is 0. The second kappa shape index (κ2) is 9.91. The van der Waals surface area contributed by atoms with Crippen LogP contribution in [0.1, 0.15) is 17.6 Å². The molecule has 2 heterocycles. The fourth-order valence-electron chi connectivity index (χ4n) is 3.54. The fraction of sp³-hybridized carbons (Fsp3) is 0.348. The van der Waals surface area contributed by atoms with Gasteiger partial charge in [0.2, 0.25) is 0 Å². The maximum atomic E-state index is 13.0. The molecule has 0 atom stereocenters. The molecule has 0 radical (unpaired) electrons. The maximum absolute atomic E-state index is 13.0. The minimum absolute atomic E-state index is 0.264. The molecule has 0 N–H and O–H groups in total. The number of ether oxygens (including phenoxy) is 2. The number of anilines is 1. The summed E-state index contributed by atoms with van der Waals surface area (Å²) in [6, 6.07) is 14.3. The lowest BCUT2D eigenvalue weighted by Crippen LogP contribution is -2.46. The number of nitrogens with zero attached hydrogens (tertiary/aromatic N) is 3. The highest BCUT2D eigenvalue weighted by Crippen LogP contribution is 2.29. The summed E-state index contributed by atoms with van der Waals surface area (Å²) in [6.45, 7) is 7.84. The molecule has 3 aromatic rings. The molecule has 0 aliphatic carbocycles. The number of piperazine rings is 1. The van der Waals surface area contributed by atoms with Gasteiger partial charge in [-0.25, -0.2) is 9.37 Å². The Morgan fingerprint density at radius 1 is 1.00 bits per heavy atom. The van der Waals surface area contributed by atoms with Gasteiger partial charge in [0.15, 0.2) is 0 Å². The Morgan fingerprint density at radius 3 is 2.53 bits per heavy atom. The van der Waals surface area contributed by atoms with Crippen LogP contribution in [0.15, 0.2) is 53.9 Å². The van der Waals surface area contributed by atoms with Crippen LogP contribution in [0.2, 0.25) is 0 Å². The van der Waals surface area contributed by atoms with E-state index in [4.69, 9.17) is 14.5 Å². The van der Waals surface area contributed by atoms with E-state index in [-0.39, 0.29) is 5.82 Å². The molecule has 158 valence electrons. The van der Waals surface area contributed by atoms with E-state index in [1.807, 2.05) is 19.1 Å². The van der Waals surface area contributed by atoms with Crippen LogP contribution in [0.4, 0.5) is 10.1 Å². The number of benzene rings is 2. The van der Waals surface area contributed by atoms with Gasteiger partial charge in [-0.2, -0.15) is 0 Å². The van der Waals surface area contributed by atoms with Crippen molar-refractivity contribution in [2.75, 3.05) is 37.7 Å². The van der Waals surface area contributed by atoms with Gasteiger partial charge in [0, 0.05) is 38.1 Å². The van der Waals surface area contributed by atoms with Gasteiger partial charge < -0.3 is 14.4 Å². The van der Waals surface area contributed by atoms with Crippen molar-refractivity contribution >= 4 is 17.0 Å². The average Bonchev–Trinajstić information content (AvgIpc) is 3.22. The topological polar surface area (TPSA) is 37.8 Å². The summed E-state index contributed by atoms with van der Waals surface area (Å²) in [4.78, 5) is 9.52. The van der Waals surface area contributed by atoms with Crippen LogP contribution in [-0.4, -0.2) is 42.7 Å². The third kappa shape index (κ3) is 5.29. The number of thiazole rings is 1. The van der Waals surface area contributed by atoms with Crippen molar-refractivity contribution in [2.45, 2.75) is 20.1 Å². The molecule has 1 aromatic heterocycles. The van der Waals surface area contributed by atoms with Crippen molar-refractivity contribution in [3.8, 4) is 11.5 Å². The molecule has 0 amide bonds. The molecule has 1 fully saturated rings. The zero-order chi connectivity index (χ0) is 20.8. The molecule has 4 rings (SSSR count). The Kier molecular flexibility index (Phi) is 6.81. The van der Waals surface area contributed by atoms with E-state index in [0.717, 1.165) is 49.2 Å². The van der Waals surface area contributed by atoms with Crippen molar-refractivity contribution < 1.29 is 13.9 Å². The first kappa shape index (κ1) is 20.6. The second-order valence-electron chi connectivity index (χ2n) is 7.14. The molecule has 5 nitrogen and oxygen atoms in total. The minimum atomic E-state index is -0.264. The number of hydrogen-bond donors (Lipinski definition) is 0. The Balaban J connectivity index is 1.27. The normalized spacial score (nSPS) is 14.7. The predicted molar refractivity (Wildman–Crippen MR) is 118 cm³/mol. The molecular weight excluding hydrogens is 401 g/mol. The Hall–Kier alpha value is -2.64. The molecule has 0 bridgehead atoms. The molecule has 0 unspecified atom stereocenters. The largest absolute Gasteiger partial charge is 0.492 e. The molecule has 2 aromatic carbocycles. The van der Waals surface area contributed by atoms with Gasteiger partial charge in [0.25, 0.3) is 0 Å². The highest BCUT2D eigenvalue weighted by molar-refractivity contribution is 7.09. The van der Waals surface area contributed by atoms with Crippen LogP contribution in [-0.2, 0) is 13.2 Å². The van der Waals surface area contributed by atoms with E-state index >= 15 is 0 Å². The summed E-state index contributed by atoms with van der Waals surface area (Å²) < 4.78 is 24.4. The van der Waals surface area contributed by atoms with E-state index in [0.29, 0.717) is 19.0 Å². The van der Waals surface area contributed by atoms with E-state index in [1.165, 1.54) is 17.8 Å². The predicted octanol–water partition coefficient (Wildman–Crippen LogP) is 4.58. The van der Waals surface area contributed by atoms with E-state index in [9.17, 15) is 4.39 Å². The third-order valence-electron chi connectivity index (χ3n) is 5.04. The smallest absolute Gasteiger partial charge is 0.142 e. The molecular formula is C23H26FN3O2S. The number of rotatable bonds is 8. The van der Waals surface area contributed by atoms with Crippen LogP contribution in [0.5, 0.6) is 11.5 Å². The highest BCUT2D eigenvalue weighted by atomic mass is 32.1. The monoisotopic (exact) mass is 427 g/mol. The molecule has 1 aliphatic heterocycles. The lowest BCUT2D eigenvalue weighted by atomic mass is 10.2. The summed E-state index contributed by atoms with van der Waals surface area (Å²) in [5.74, 6) is 1.34. The Labute approximate surface area is 180 Å². The van der Waals surface area contributed by atoms with Gasteiger partial charge in [0.05, 0.1) is 18.0 Å². The molecule has 1 saturated heterocycles. The Morgan fingerprint density at radius 2 is 1.77 bits per heavy atom. The van der Waals surface area contributed by atoms with Crippen molar-refractivity contribution in [3.05, 3.63) is 70.4 Å². The average molecular weight is 428 g/mol. The first-order valence-electron chi connectivity index (χ1n) is 10.2. The van der Waals surface area contributed by atoms with Gasteiger partial charge in [-0.1, -0.05) is 12.1 Å². The first-order chi connectivity index (χ1) is 14.7. The van der Waals surface area contributed by atoms with Gasteiger partial charge >= 0.3 is 0 Å². The minimum Gasteiger partial charge on any atom is -0.492 e. The highest BCUT2D eigenvalue weighted by Gasteiger charge is 2.20. The van der Waals surface area contributed by atoms with Gasteiger partial charge in [-0.05, 0) is 43.3 Å². The first-order valence-corrected chi connectivity index (χ1v) is 11.1.